The van der Waals surface area contributed by atoms with Crippen molar-refractivity contribution in [2.24, 2.45) is 17.0 Å². The van der Waals surface area contributed by atoms with Gasteiger partial charge in [-0.05, 0) is 6.42 Å². The highest BCUT2D eigenvalue weighted by molar-refractivity contribution is 5.90. The van der Waals surface area contributed by atoms with E-state index in [1.165, 1.54) is 11.1 Å². The van der Waals surface area contributed by atoms with E-state index in [4.69, 9.17) is 0 Å². The fourth-order valence-corrected chi connectivity index (χ4v) is 4.13. The summed E-state index contributed by atoms with van der Waals surface area (Å²) in [7, 11) is 0. The van der Waals surface area contributed by atoms with Gasteiger partial charge in [0.25, 0.3) is 0 Å². The topological polar surface area (TPSA) is 49.2 Å². The summed E-state index contributed by atoms with van der Waals surface area (Å²) in [6.45, 7) is 4.39. The van der Waals surface area contributed by atoms with E-state index in [9.17, 15) is 5.21 Å². The first-order valence-corrected chi connectivity index (χ1v) is 8.93. The Morgan fingerprint density at radius 1 is 0.917 bits per heavy atom. The van der Waals surface area contributed by atoms with Gasteiger partial charge in [0.2, 0.25) is 0 Å². The quantitative estimate of drug-likeness (QED) is 0.650. The SMILES string of the molecule is CCC[C@@H]1/C(=N/O)[C@@H](C)[C@@H](c2ccccc2)[NH2+][C@@H]1c1ccccc1. The van der Waals surface area contributed by atoms with Crippen molar-refractivity contribution >= 4 is 5.71 Å². The average molecular weight is 323 g/mol. The fourth-order valence-electron chi connectivity index (χ4n) is 4.13. The Hall–Kier alpha value is -2.13. The van der Waals surface area contributed by atoms with Gasteiger partial charge < -0.3 is 10.5 Å². The van der Waals surface area contributed by atoms with Gasteiger partial charge in [-0.2, -0.15) is 0 Å². The van der Waals surface area contributed by atoms with Crippen LogP contribution in [-0.4, -0.2) is 10.9 Å². The van der Waals surface area contributed by atoms with E-state index in [1.54, 1.807) is 0 Å². The molecule has 1 saturated heterocycles. The average Bonchev–Trinajstić information content (AvgIpc) is 2.64. The smallest absolute Gasteiger partial charge is 0.120 e. The Morgan fingerprint density at radius 3 is 1.96 bits per heavy atom. The zero-order chi connectivity index (χ0) is 16.9. The zero-order valence-electron chi connectivity index (χ0n) is 14.5. The van der Waals surface area contributed by atoms with E-state index >= 15 is 0 Å². The number of nitrogens with two attached hydrogens (primary N) is 1. The summed E-state index contributed by atoms with van der Waals surface area (Å²) in [5.74, 6) is 0.492. The summed E-state index contributed by atoms with van der Waals surface area (Å²) in [5, 5.41) is 16.0. The van der Waals surface area contributed by atoms with Gasteiger partial charge >= 0.3 is 0 Å². The van der Waals surface area contributed by atoms with Gasteiger partial charge in [-0.25, -0.2) is 0 Å². The molecule has 3 rings (SSSR count). The van der Waals surface area contributed by atoms with Crippen LogP contribution in [0.15, 0.2) is 65.8 Å². The van der Waals surface area contributed by atoms with Crippen LogP contribution in [-0.2, 0) is 0 Å². The highest BCUT2D eigenvalue weighted by atomic mass is 16.4. The lowest BCUT2D eigenvalue weighted by molar-refractivity contribution is -0.747. The molecule has 0 aromatic heterocycles. The summed E-state index contributed by atoms with van der Waals surface area (Å²) in [4.78, 5) is 0. The Balaban J connectivity index is 2.01. The van der Waals surface area contributed by atoms with Crippen LogP contribution in [0.5, 0.6) is 0 Å². The van der Waals surface area contributed by atoms with Crippen LogP contribution in [0.3, 0.4) is 0 Å². The lowest BCUT2D eigenvalue weighted by atomic mass is 9.73. The van der Waals surface area contributed by atoms with E-state index in [0.29, 0.717) is 6.04 Å². The number of hydrogen-bond donors (Lipinski definition) is 2. The molecular weight excluding hydrogens is 296 g/mol. The van der Waals surface area contributed by atoms with Crippen LogP contribution < -0.4 is 5.32 Å². The van der Waals surface area contributed by atoms with Crippen molar-refractivity contribution in [3.63, 3.8) is 0 Å². The third-order valence-corrected chi connectivity index (χ3v) is 5.32. The van der Waals surface area contributed by atoms with Gasteiger partial charge in [0.15, 0.2) is 0 Å². The van der Waals surface area contributed by atoms with Crippen LogP contribution in [0.1, 0.15) is 49.9 Å². The van der Waals surface area contributed by atoms with Crippen LogP contribution in [0, 0.1) is 11.8 Å². The molecule has 0 unspecified atom stereocenters. The van der Waals surface area contributed by atoms with Crippen molar-refractivity contribution in [3.05, 3.63) is 71.8 Å². The molecule has 0 bridgehead atoms. The Morgan fingerprint density at radius 2 is 1.46 bits per heavy atom. The number of hydrogen-bond acceptors (Lipinski definition) is 2. The fraction of sp³-hybridized carbons (Fsp3) is 0.381. The molecule has 0 saturated carbocycles. The van der Waals surface area contributed by atoms with Crippen LogP contribution in [0.2, 0.25) is 0 Å². The molecule has 1 heterocycles. The van der Waals surface area contributed by atoms with Crippen LogP contribution >= 0.6 is 0 Å². The maximum Gasteiger partial charge on any atom is 0.120 e. The van der Waals surface area contributed by atoms with Crippen LogP contribution in [0.4, 0.5) is 0 Å². The molecular formula is C21H27N2O+. The molecule has 2 aromatic carbocycles. The molecule has 0 radical (unpaired) electrons. The molecule has 0 aliphatic carbocycles. The molecule has 3 N–H and O–H groups in total. The highest BCUT2D eigenvalue weighted by Crippen LogP contribution is 2.35. The molecule has 3 nitrogen and oxygen atoms in total. The van der Waals surface area contributed by atoms with Gasteiger partial charge in [-0.3, -0.25) is 0 Å². The number of piperidine rings is 1. The minimum atomic E-state index is 0.217. The Labute approximate surface area is 144 Å². The first kappa shape index (κ1) is 16.7. The molecule has 0 spiro atoms. The lowest BCUT2D eigenvalue weighted by Crippen LogP contribution is -2.91. The number of rotatable bonds is 4. The van der Waals surface area contributed by atoms with E-state index in [2.05, 4.69) is 78.9 Å². The molecule has 3 heteroatoms. The largest absolute Gasteiger partial charge is 0.411 e. The first-order valence-electron chi connectivity index (χ1n) is 8.93. The molecule has 0 amide bonds. The normalized spacial score (nSPS) is 28.8. The standard InChI is InChI=1S/C21H26N2O/c1-3-10-18-20(23-24)15(2)19(16-11-6-4-7-12-16)22-21(18)17-13-8-5-9-14-17/h4-9,11-15,18-19,21-22,24H,3,10H2,1-2H3/p+1/b23-20+/t15-,18+,19-,21+/m0/s1. The Kier molecular flexibility index (Phi) is 5.31. The van der Waals surface area contributed by atoms with Crippen molar-refractivity contribution in [2.45, 2.75) is 38.8 Å². The van der Waals surface area contributed by atoms with E-state index in [1.807, 2.05) is 6.07 Å². The van der Waals surface area contributed by atoms with Gasteiger partial charge in [-0.15, -0.1) is 0 Å². The van der Waals surface area contributed by atoms with Gasteiger partial charge in [-0.1, -0.05) is 86.1 Å². The second-order valence-corrected chi connectivity index (χ2v) is 6.77. The van der Waals surface area contributed by atoms with Crippen molar-refractivity contribution in [1.82, 2.24) is 0 Å². The van der Waals surface area contributed by atoms with Gasteiger partial charge in [0.1, 0.15) is 12.1 Å². The molecule has 1 aliphatic heterocycles. The summed E-state index contributed by atoms with van der Waals surface area (Å²) < 4.78 is 0. The predicted molar refractivity (Wildman–Crippen MR) is 97.1 cm³/mol. The van der Waals surface area contributed by atoms with Crippen molar-refractivity contribution in [2.75, 3.05) is 0 Å². The number of oxime groups is 1. The van der Waals surface area contributed by atoms with E-state index < -0.39 is 0 Å². The van der Waals surface area contributed by atoms with Crippen molar-refractivity contribution < 1.29 is 10.5 Å². The summed E-state index contributed by atoms with van der Waals surface area (Å²) in [6.07, 6.45) is 2.13. The minimum Gasteiger partial charge on any atom is -0.411 e. The molecule has 24 heavy (non-hydrogen) atoms. The van der Waals surface area contributed by atoms with Gasteiger partial charge in [0.05, 0.1) is 17.5 Å². The monoisotopic (exact) mass is 323 g/mol. The lowest BCUT2D eigenvalue weighted by Gasteiger charge is -2.39. The summed E-state index contributed by atoms with van der Waals surface area (Å²) >= 11 is 0. The first-order chi connectivity index (χ1) is 11.8. The third-order valence-electron chi connectivity index (χ3n) is 5.32. The zero-order valence-corrected chi connectivity index (χ0v) is 14.5. The predicted octanol–water partition coefficient (Wildman–Crippen LogP) is 3.93. The van der Waals surface area contributed by atoms with Crippen molar-refractivity contribution in [3.8, 4) is 0 Å². The summed E-state index contributed by atoms with van der Waals surface area (Å²) in [6, 6.07) is 21.8. The van der Waals surface area contributed by atoms with Crippen molar-refractivity contribution in [1.29, 1.82) is 0 Å². The Bertz CT molecular complexity index is 669. The van der Waals surface area contributed by atoms with E-state index in [0.717, 1.165) is 18.6 Å². The molecule has 126 valence electrons. The number of benzene rings is 2. The minimum absolute atomic E-state index is 0.217. The van der Waals surface area contributed by atoms with Gasteiger partial charge in [0, 0.05) is 11.1 Å². The summed E-state index contributed by atoms with van der Waals surface area (Å²) in [5.41, 5.74) is 3.55. The van der Waals surface area contributed by atoms with E-state index in [-0.39, 0.29) is 17.9 Å². The highest BCUT2D eigenvalue weighted by Gasteiger charge is 2.44. The maximum absolute atomic E-state index is 9.76. The molecule has 1 aliphatic rings. The molecule has 2 aromatic rings. The third kappa shape index (κ3) is 3.22. The molecule has 4 atom stereocenters. The second kappa shape index (κ2) is 7.63. The molecule has 1 fully saturated rings. The van der Waals surface area contributed by atoms with Crippen LogP contribution in [0.25, 0.3) is 0 Å². The number of nitrogens with zero attached hydrogens (tertiary/aromatic N) is 1. The maximum atomic E-state index is 9.76. The number of quaternary nitrogens is 1. The second-order valence-electron chi connectivity index (χ2n) is 6.77.